The molecule has 34 heavy (non-hydrogen) atoms. The predicted molar refractivity (Wildman–Crippen MR) is 134 cm³/mol. The summed E-state index contributed by atoms with van der Waals surface area (Å²) in [5.41, 5.74) is 2.93. The number of terminal acetylenes is 1. The number of carbonyl (C=O) groups excluding carboxylic acids is 3. The van der Waals surface area contributed by atoms with E-state index < -0.39 is 36.1 Å². The van der Waals surface area contributed by atoms with Crippen molar-refractivity contribution >= 4 is 29.7 Å². The lowest BCUT2D eigenvalue weighted by Crippen LogP contribution is -2.44. The van der Waals surface area contributed by atoms with E-state index in [9.17, 15) is 14.4 Å². The van der Waals surface area contributed by atoms with Crippen LogP contribution in [-0.4, -0.2) is 35.0 Å². The zero-order valence-corrected chi connectivity index (χ0v) is 20.3. The van der Waals surface area contributed by atoms with Gasteiger partial charge in [0.05, 0.1) is 0 Å². The van der Waals surface area contributed by atoms with Crippen LogP contribution in [0.15, 0.2) is 49.0 Å². The van der Waals surface area contributed by atoms with Gasteiger partial charge in [-0.25, -0.2) is 4.79 Å². The highest BCUT2D eigenvalue weighted by molar-refractivity contribution is 6.00. The number of anilines is 1. The third-order valence-electron chi connectivity index (χ3n) is 4.89. The summed E-state index contributed by atoms with van der Waals surface area (Å²) < 4.78 is 5.17. The van der Waals surface area contributed by atoms with Gasteiger partial charge >= 0.3 is 6.09 Å². The van der Waals surface area contributed by atoms with Gasteiger partial charge in [-0.2, -0.15) is 0 Å². The molecule has 0 fully saturated rings. The Morgan fingerprint density at radius 3 is 2.32 bits per heavy atom. The molecule has 2 rings (SSSR count). The van der Waals surface area contributed by atoms with Crippen molar-refractivity contribution in [3.63, 3.8) is 0 Å². The summed E-state index contributed by atoms with van der Waals surface area (Å²) in [6.45, 7) is 12.2. The van der Waals surface area contributed by atoms with Gasteiger partial charge in [-0.1, -0.05) is 55.5 Å². The highest BCUT2D eigenvalue weighted by atomic mass is 16.6. The summed E-state index contributed by atoms with van der Waals surface area (Å²) in [4.78, 5) is 39.5. The molecule has 7 nitrogen and oxygen atoms in total. The molecule has 2 aromatic carbocycles. The molecule has 2 N–H and O–H groups in total. The van der Waals surface area contributed by atoms with E-state index in [-0.39, 0.29) is 0 Å². The third kappa shape index (κ3) is 6.97. The Bertz CT molecular complexity index is 1110. The van der Waals surface area contributed by atoms with E-state index in [4.69, 9.17) is 11.2 Å². The van der Waals surface area contributed by atoms with Crippen molar-refractivity contribution in [2.75, 3.05) is 11.9 Å². The Hall–Kier alpha value is -4.05. The largest absolute Gasteiger partial charge is 0.444 e. The number of amides is 3. The van der Waals surface area contributed by atoms with E-state index in [1.54, 1.807) is 45.0 Å². The first-order valence-corrected chi connectivity index (χ1v) is 10.8. The molecule has 0 saturated heterocycles. The van der Waals surface area contributed by atoms with Crippen LogP contribution in [-0.2, 0) is 14.3 Å². The van der Waals surface area contributed by atoms with Crippen LogP contribution in [0.5, 0.6) is 0 Å². The second-order valence-corrected chi connectivity index (χ2v) is 8.78. The van der Waals surface area contributed by atoms with Crippen molar-refractivity contribution in [1.82, 2.24) is 10.2 Å². The molecule has 2 aromatic rings. The second kappa shape index (κ2) is 11.2. The monoisotopic (exact) mass is 461 g/mol. The van der Waals surface area contributed by atoms with Gasteiger partial charge in [-0.3, -0.25) is 14.5 Å². The molecular formula is C27H31N3O4. The normalized spacial score (nSPS) is 11.5. The van der Waals surface area contributed by atoms with Crippen LogP contribution in [0, 0.1) is 26.3 Å². The van der Waals surface area contributed by atoms with Crippen molar-refractivity contribution in [2.45, 2.75) is 46.3 Å². The summed E-state index contributed by atoms with van der Waals surface area (Å²) in [5.74, 6) is -1.12. The van der Waals surface area contributed by atoms with Crippen LogP contribution < -0.4 is 10.6 Å². The maximum absolute atomic E-state index is 13.5. The SMILES string of the molecule is C#CN(C(=O)CNC(=O)OC(C)(C)C)C(C(=O)Nc1c(C)cccc1C)c1cccc(C=C)c1. The molecule has 0 aliphatic heterocycles. The highest BCUT2D eigenvalue weighted by Gasteiger charge is 2.32. The van der Waals surface area contributed by atoms with Crippen LogP contribution in [0.4, 0.5) is 10.5 Å². The summed E-state index contributed by atoms with van der Waals surface area (Å²) in [5, 5.41) is 5.31. The summed E-state index contributed by atoms with van der Waals surface area (Å²) in [6.07, 6.45) is 6.57. The Morgan fingerprint density at radius 2 is 1.76 bits per heavy atom. The second-order valence-electron chi connectivity index (χ2n) is 8.78. The quantitative estimate of drug-likeness (QED) is 0.467. The molecule has 1 atom stereocenters. The van der Waals surface area contributed by atoms with E-state index in [2.05, 4.69) is 23.3 Å². The standard InChI is InChI=1S/C27H31N3O4/c1-8-20-14-11-15-21(16-20)24(25(32)29-23-18(3)12-10-13-19(23)4)30(9-2)22(31)17-28-26(33)34-27(5,6)7/h2,8,10-16,24H,1,17H2,3-7H3,(H,28,33)(H,29,32). The molecule has 1 unspecified atom stereocenters. The molecule has 0 aromatic heterocycles. The summed E-state index contributed by atoms with van der Waals surface area (Å²) in [7, 11) is 0. The highest BCUT2D eigenvalue weighted by Crippen LogP contribution is 2.26. The minimum atomic E-state index is -1.14. The molecule has 0 aliphatic rings. The first kappa shape index (κ1) is 26.2. The van der Waals surface area contributed by atoms with E-state index in [1.807, 2.05) is 38.1 Å². The summed E-state index contributed by atoms with van der Waals surface area (Å²) >= 11 is 0. The number of nitrogens with zero attached hydrogens (tertiary/aromatic N) is 1. The Balaban J connectivity index is 2.38. The molecule has 3 amide bonds. The zero-order valence-electron chi connectivity index (χ0n) is 20.3. The Morgan fingerprint density at radius 1 is 1.15 bits per heavy atom. The van der Waals surface area contributed by atoms with Crippen molar-refractivity contribution < 1.29 is 19.1 Å². The third-order valence-corrected chi connectivity index (χ3v) is 4.89. The average Bonchev–Trinajstić information content (AvgIpc) is 2.77. The first-order chi connectivity index (χ1) is 16.0. The molecule has 178 valence electrons. The predicted octanol–water partition coefficient (Wildman–Crippen LogP) is 4.57. The van der Waals surface area contributed by atoms with E-state index >= 15 is 0 Å². The minimum Gasteiger partial charge on any atom is -0.444 e. The van der Waals surface area contributed by atoms with Gasteiger partial charge < -0.3 is 15.4 Å². The fourth-order valence-electron chi connectivity index (χ4n) is 3.31. The summed E-state index contributed by atoms with van der Waals surface area (Å²) in [6, 6.07) is 13.8. The smallest absolute Gasteiger partial charge is 0.408 e. The fourth-order valence-corrected chi connectivity index (χ4v) is 3.31. The number of rotatable bonds is 7. The Kier molecular flexibility index (Phi) is 8.63. The van der Waals surface area contributed by atoms with E-state index in [0.29, 0.717) is 11.3 Å². The number of aryl methyl sites for hydroxylation is 2. The molecule has 0 saturated carbocycles. The van der Waals surface area contributed by atoms with Gasteiger partial charge in [0, 0.05) is 11.7 Å². The van der Waals surface area contributed by atoms with Gasteiger partial charge in [0.1, 0.15) is 18.2 Å². The number of hydrogen-bond acceptors (Lipinski definition) is 4. The van der Waals surface area contributed by atoms with Crippen LogP contribution >= 0.6 is 0 Å². The van der Waals surface area contributed by atoms with Crippen LogP contribution in [0.3, 0.4) is 0 Å². The van der Waals surface area contributed by atoms with Gasteiger partial charge in [0.25, 0.3) is 11.8 Å². The lowest BCUT2D eigenvalue weighted by molar-refractivity contribution is -0.134. The number of nitrogens with one attached hydrogen (secondary N) is 2. The maximum atomic E-state index is 13.5. The van der Waals surface area contributed by atoms with Crippen molar-refractivity contribution in [3.05, 3.63) is 71.3 Å². The van der Waals surface area contributed by atoms with Crippen molar-refractivity contribution in [2.24, 2.45) is 0 Å². The number of benzene rings is 2. The average molecular weight is 462 g/mol. The molecule has 0 radical (unpaired) electrons. The van der Waals surface area contributed by atoms with Gasteiger partial charge in [0.15, 0.2) is 0 Å². The molecule has 0 spiro atoms. The van der Waals surface area contributed by atoms with Crippen LogP contribution in [0.1, 0.15) is 49.1 Å². The number of alkyl carbamates (subject to hydrolysis) is 1. The van der Waals surface area contributed by atoms with Crippen molar-refractivity contribution in [3.8, 4) is 12.5 Å². The molecular weight excluding hydrogens is 430 g/mol. The van der Waals surface area contributed by atoms with Crippen LogP contribution in [0.25, 0.3) is 6.08 Å². The van der Waals surface area contributed by atoms with Gasteiger partial charge in [-0.15, -0.1) is 0 Å². The fraction of sp³-hybridized carbons (Fsp3) is 0.296. The minimum absolute atomic E-state index is 0.437. The Labute approximate surface area is 201 Å². The van der Waals surface area contributed by atoms with Crippen LogP contribution in [0.2, 0.25) is 0 Å². The topological polar surface area (TPSA) is 87.7 Å². The first-order valence-electron chi connectivity index (χ1n) is 10.8. The van der Waals surface area contributed by atoms with Gasteiger partial charge in [-0.05, 0) is 62.9 Å². The maximum Gasteiger partial charge on any atom is 0.408 e. The zero-order chi connectivity index (χ0) is 25.5. The number of para-hydroxylation sites is 1. The molecule has 0 heterocycles. The van der Waals surface area contributed by atoms with Gasteiger partial charge in [0.2, 0.25) is 0 Å². The number of carbonyl (C=O) groups is 3. The van der Waals surface area contributed by atoms with E-state index in [0.717, 1.165) is 21.6 Å². The van der Waals surface area contributed by atoms with E-state index in [1.165, 1.54) is 0 Å². The lowest BCUT2D eigenvalue weighted by atomic mass is 10.0. The number of ether oxygens (including phenoxy) is 1. The molecule has 0 aliphatic carbocycles. The molecule has 7 heteroatoms. The number of hydrogen-bond donors (Lipinski definition) is 2. The molecule has 0 bridgehead atoms. The van der Waals surface area contributed by atoms with Crippen molar-refractivity contribution in [1.29, 1.82) is 0 Å². The lowest BCUT2D eigenvalue weighted by Gasteiger charge is -2.27.